The fourth-order valence-corrected chi connectivity index (χ4v) is 11.1. The van der Waals surface area contributed by atoms with E-state index in [1.165, 1.54) is 6.42 Å². The summed E-state index contributed by atoms with van der Waals surface area (Å²) in [5.74, 6) is 6.23. The summed E-state index contributed by atoms with van der Waals surface area (Å²) in [4.78, 5) is 23.9. The van der Waals surface area contributed by atoms with E-state index in [-0.39, 0.29) is 28.6 Å². The van der Waals surface area contributed by atoms with Crippen molar-refractivity contribution in [2.24, 2.45) is 52.8 Å². The highest BCUT2D eigenvalue weighted by Gasteiger charge is 2.83. The van der Waals surface area contributed by atoms with Gasteiger partial charge in [-0.2, -0.15) is 0 Å². The molecule has 0 aromatic rings. The molecule has 0 N–H and O–H groups in total. The number of rotatable bonds is 2. The van der Waals surface area contributed by atoms with Crippen LogP contribution >= 0.6 is 0 Å². The van der Waals surface area contributed by atoms with E-state index in [1.807, 2.05) is 0 Å². The van der Waals surface area contributed by atoms with E-state index in [4.69, 9.17) is 9.47 Å². The van der Waals surface area contributed by atoms with Crippen LogP contribution in [0, 0.1) is 52.8 Å². The third-order valence-electron chi connectivity index (χ3n) is 10.4. The minimum absolute atomic E-state index is 0.104. The zero-order valence-electron chi connectivity index (χ0n) is 15.7. The van der Waals surface area contributed by atoms with Crippen molar-refractivity contribution in [1.29, 1.82) is 0 Å². The Labute approximate surface area is 154 Å². The van der Waals surface area contributed by atoms with Crippen LogP contribution in [0.15, 0.2) is 0 Å². The van der Waals surface area contributed by atoms with Gasteiger partial charge in [0.05, 0.1) is 0 Å². The molecule has 1 spiro atoms. The largest absolute Gasteiger partial charge is 0.459 e. The predicted molar refractivity (Wildman–Crippen MR) is 91.7 cm³/mol. The minimum atomic E-state index is -0.208. The molecule has 0 amide bonds. The number of carbonyl (C=O) groups excluding carboxylic acids is 2. The first-order valence-corrected chi connectivity index (χ1v) is 10.7. The van der Waals surface area contributed by atoms with E-state index in [1.54, 1.807) is 13.8 Å². The molecule has 10 saturated carbocycles. The quantitative estimate of drug-likeness (QED) is 0.712. The van der Waals surface area contributed by atoms with Gasteiger partial charge in [-0.05, 0) is 97.7 Å². The molecule has 0 aromatic carbocycles. The average molecular weight is 356 g/mol. The Morgan fingerprint density at radius 3 is 1.42 bits per heavy atom. The Bertz CT molecular complexity index is 665. The van der Waals surface area contributed by atoms with Gasteiger partial charge < -0.3 is 9.47 Å². The van der Waals surface area contributed by atoms with Crippen molar-refractivity contribution in [3.63, 3.8) is 0 Å². The Hall–Kier alpha value is -1.06. The van der Waals surface area contributed by atoms with Gasteiger partial charge in [0.1, 0.15) is 11.2 Å². The molecule has 10 aliphatic rings. The molecule has 140 valence electrons. The molecule has 10 aliphatic carbocycles. The lowest BCUT2D eigenvalue weighted by Crippen LogP contribution is -2.82. The SMILES string of the molecule is CC(=O)OC12CC3C4CC5C6CC7(OC(C)=O)CC5C(C4C1)C(C2)(C7)C36. The first-order chi connectivity index (χ1) is 12.4. The van der Waals surface area contributed by atoms with Crippen LogP contribution in [0.3, 0.4) is 0 Å². The second-order valence-corrected chi connectivity index (χ2v) is 11.2. The maximum atomic E-state index is 11.9. The van der Waals surface area contributed by atoms with E-state index >= 15 is 0 Å². The summed E-state index contributed by atoms with van der Waals surface area (Å²) in [6, 6.07) is 0. The van der Waals surface area contributed by atoms with Crippen LogP contribution < -0.4 is 0 Å². The van der Waals surface area contributed by atoms with E-state index in [9.17, 15) is 9.59 Å². The molecule has 0 heterocycles. The Morgan fingerprint density at radius 1 is 0.692 bits per heavy atom. The molecule has 0 aliphatic heterocycles. The molecule has 0 saturated heterocycles. The van der Waals surface area contributed by atoms with Crippen LogP contribution in [0.25, 0.3) is 0 Å². The van der Waals surface area contributed by atoms with E-state index in [2.05, 4.69) is 0 Å². The van der Waals surface area contributed by atoms with E-state index in [0.29, 0.717) is 0 Å². The van der Waals surface area contributed by atoms with Crippen LogP contribution in [0.4, 0.5) is 0 Å². The zero-order valence-corrected chi connectivity index (χ0v) is 15.7. The number of ether oxygens (including phenoxy) is 2. The van der Waals surface area contributed by atoms with Crippen molar-refractivity contribution >= 4 is 11.9 Å². The molecule has 4 nitrogen and oxygen atoms in total. The molecule has 0 radical (unpaired) electrons. The second-order valence-electron chi connectivity index (χ2n) is 11.2. The number of hydrogen-bond acceptors (Lipinski definition) is 4. The number of esters is 2. The van der Waals surface area contributed by atoms with Gasteiger partial charge >= 0.3 is 11.9 Å². The molecule has 10 fully saturated rings. The van der Waals surface area contributed by atoms with Gasteiger partial charge in [0, 0.05) is 13.8 Å². The summed E-state index contributed by atoms with van der Waals surface area (Å²) in [6.45, 7) is 3.16. The summed E-state index contributed by atoms with van der Waals surface area (Å²) in [7, 11) is 0. The van der Waals surface area contributed by atoms with E-state index in [0.717, 1.165) is 85.9 Å². The van der Waals surface area contributed by atoms with Crippen LogP contribution in [-0.4, -0.2) is 23.1 Å². The summed E-state index contributed by atoms with van der Waals surface area (Å²) >= 11 is 0. The Balaban J connectivity index is 1.40. The van der Waals surface area contributed by atoms with Gasteiger partial charge in [-0.25, -0.2) is 0 Å². The Kier molecular flexibility index (Phi) is 2.31. The van der Waals surface area contributed by atoms with Crippen molar-refractivity contribution in [1.82, 2.24) is 0 Å². The van der Waals surface area contributed by atoms with Gasteiger partial charge in [-0.3, -0.25) is 9.59 Å². The monoisotopic (exact) mass is 356 g/mol. The smallest absolute Gasteiger partial charge is 0.303 e. The molecule has 10 rings (SSSR count). The summed E-state index contributed by atoms with van der Waals surface area (Å²) in [5, 5.41) is 0. The molecular formula is C22H28O4. The Morgan fingerprint density at radius 2 is 1.08 bits per heavy atom. The highest BCUT2D eigenvalue weighted by Crippen LogP contribution is 2.86. The first-order valence-electron chi connectivity index (χ1n) is 10.7. The topological polar surface area (TPSA) is 52.6 Å². The van der Waals surface area contributed by atoms with Gasteiger partial charge in [0.15, 0.2) is 0 Å². The number of hydrogen-bond donors (Lipinski definition) is 0. The number of carbonyl (C=O) groups is 2. The standard InChI is InChI=1S/C22H28O4/c1-10(23)25-20-4-14-12-3-13-16-6-21(26-11(2)24)7-17(13)19(15(12)5-20)22(8-20,9-21)18(14)16/h12-19H,3-9H2,1-2H3. The highest BCUT2D eigenvalue weighted by molar-refractivity contribution is 5.67. The van der Waals surface area contributed by atoms with Crippen molar-refractivity contribution in [3.8, 4) is 0 Å². The molecule has 11 bridgehead atoms. The molecule has 4 heteroatoms. The lowest BCUT2D eigenvalue weighted by atomic mass is 9.21. The zero-order chi connectivity index (χ0) is 17.6. The third kappa shape index (κ3) is 1.40. The molecule has 4 unspecified atom stereocenters. The first kappa shape index (κ1) is 14.9. The minimum Gasteiger partial charge on any atom is -0.459 e. The normalized spacial score (nSPS) is 64.2. The lowest BCUT2D eigenvalue weighted by Gasteiger charge is -2.85. The predicted octanol–water partition coefficient (Wildman–Crippen LogP) is 3.33. The van der Waals surface area contributed by atoms with Crippen molar-refractivity contribution in [3.05, 3.63) is 0 Å². The van der Waals surface area contributed by atoms with Crippen molar-refractivity contribution in [2.75, 3.05) is 0 Å². The van der Waals surface area contributed by atoms with Crippen LogP contribution in [0.1, 0.15) is 58.8 Å². The fraction of sp³-hybridized carbons (Fsp3) is 0.909. The van der Waals surface area contributed by atoms with Gasteiger partial charge in [0.25, 0.3) is 0 Å². The maximum Gasteiger partial charge on any atom is 0.303 e. The van der Waals surface area contributed by atoms with E-state index < -0.39 is 0 Å². The average Bonchev–Trinajstić information content (AvgIpc) is 2.50. The van der Waals surface area contributed by atoms with Crippen LogP contribution in [0.2, 0.25) is 0 Å². The summed E-state index contributed by atoms with van der Waals surface area (Å²) in [6.07, 6.45) is 7.96. The lowest BCUT2D eigenvalue weighted by molar-refractivity contribution is -0.391. The molecular weight excluding hydrogens is 328 g/mol. The van der Waals surface area contributed by atoms with Crippen LogP contribution in [0.5, 0.6) is 0 Å². The summed E-state index contributed by atoms with van der Waals surface area (Å²) < 4.78 is 12.2. The second kappa shape index (κ2) is 4.03. The fourth-order valence-electron chi connectivity index (χ4n) is 11.1. The molecule has 0 aromatic heterocycles. The molecule has 26 heavy (non-hydrogen) atoms. The van der Waals surface area contributed by atoms with Gasteiger partial charge in [0.2, 0.25) is 0 Å². The van der Waals surface area contributed by atoms with Crippen molar-refractivity contribution < 1.29 is 19.1 Å². The highest BCUT2D eigenvalue weighted by atomic mass is 16.6. The van der Waals surface area contributed by atoms with Gasteiger partial charge in [-0.1, -0.05) is 0 Å². The maximum absolute atomic E-state index is 11.9. The van der Waals surface area contributed by atoms with Crippen LogP contribution in [-0.2, 0) is 19.1 Å². The molecule has 4 atom stereocenters. The summed E-state index contributed by atoms with van der Waals surface area (Å²) in [5.41, 5.74) is -0.128. The third-order valence-corrected chi connectivity index (χ3v) is 10.4. The van der Waals surface area contributed by atoms with Crippen molar-refractivity contribution in [2.45, 2.75) is 70.0 Å². The van der Waals surface area contributed by atoms with Gasteiger partial charge in [-0.15, -0.1) is 0 Å².